The maximum atomic E-state index is 10.4. The van der Waals surface area contributed by atoms with Gasteiger partial charge in [0.1, 0.15) is 11.3 Å². The van der Waals surface area contributed by atoms with Gasteiger partial charge in [-0.05, 0) is 12.1 Å². The number of nitrogens with one attached hydrogen (secondary N) is 1. The third-order valence-electron chi connectivity index (χ3n) is 2.19. The fourth-order valence-electron chi connectivity index (χ4n) is 1.48. The van der Waals surface area contributed by atoms with E-state index in [4.69, 9.17) is 9.84 Å². The van der Waals surface area contributed by atoms with Crippen molar-refractivity contribution >= 4 is 22.9 Å². The molecular formula is C11H10N2O3. The number of carbonyl (C=O) groups is 1. The van der Waals surface area contributed by atoms with Crippen LogP contribution in [0.25, 0.3) is 17.0 Å². The average molecular weight is 218 g/mol. The van der Waals surface area contributed by atoms with Gasteiger partial charge in [0.05, 0.1) is 12.8 Å². The highest BCUT2D eigenvalue weighted by Crippen LogP contribution is 2.25. The molecule has 5 nitrogen and oxygen atoms in total. The number of ether oxygens (including phenoxy) is 1. The Kier molecular flexibility index (Phi) is 2.59. The summed E-state index contributed by atoms with van der Waals surface area (Å²) < 4.78 is 5.14. The number of rotatable bonds is 3. The van der Waals surface area contributed by atoms with Crippen LogP contribution in [-0.2, 0) is 4.79 Å². The number of benzene rings is 1. The lowest BCUT2D eigenvalue weighted by Gasteiger charge is -1.98. The van der Waals surface area contributed by atoms with Crippen molar-refractivity contribution in [2.45, 2.75) is 0 Å². The number of hydrogen-bond acceptors (Lipinski definition) is 3. The van der Waals surface area contributed by atoms with E-state index in [1.807, 2.05) is 12.1 Å². The first kappa shape index (κ1) is 10.2. The molecule has 0 saturated carbocycles. The van der Waals surface area contributed by atoms with E-state index in [1.54, 1.807) is 13.2 Å². The van der Waals surface area contributed by atoms with Crippen molar-refractivity contribution in [1.82, 2.24) is 10.2 Å². The molecule has 2 aromatic rings. The minimum atomic E-state index is -0.995. The molecule has 0 saturated heterocycles. The van der Waals surface area contributed by atoms with E-state index < -0.39 is 5.97 Å². The highest BCUT2D eigenvalue weighted by Gasteiger charge is 2.07. The molecule has 16 heavy (non-hydrogen) atoms. The Morgan fingerprint density at radius 1 is 1.56 bits per heavy atom. The van der Waals surface area contributed by atoms with Gasteiger partial charge in [-0.25, -0.2) is 4.79 Å². The largest absolute Gasteiger partial charge is 0.494 e. The van der Waals surface area contributed by atoms with Crippen LogP contribution in [0, 0.1) is 0 Å². The van der Waals surface area contributed by atoms with Crippen LogP contribution in [0.3, 0.4) is 0 Å². The standard InChI is InChI=1S/C11H10N2O3/c1-16-9-4-2-3-7-8(5-6-10(14)15)12-13-11(7)9/h2-6H,1H3,(H,12,13)(H,14,15). The van der Waals surface area contributed by atoms with Crippen LogP contribution in [0.15, 0.2) is 24.3 Å². The van der Waals surface area contributed by atoms with Crippen LogP contribution < -0.4 is 4.74 Å². The molecule has 1 heterocycles. The summed E-state index contributed by atoms with van der Waals surface area (Å²) >= 11 is 0. The van der Waals surface area contributed by atoms with E-state index in [2.05, 4.69) is 10.2 Å². The summed E-state index contributed by atoms with van der Waals surface area (Å²) in [5.41, 5.74) is 1.34. The first-order valence-electron chi connectivity index (χ1n) is 4.64. The van der Waals surface area contributed by atoms with Gasteiger partial charge in [0.15, 0.2) is 0 Å². The van der Waals surface area contributed by atoms with Crippen molar-refractivity contribution in [1.29, 1.82) is 0 Å². The van der Waals surface area contributed by atoms with Gasteiger partial charge in [-0.15, -0.1) is 0 Å². The van der Waals surface area contributed by atoms with Crippen LogP contribution >= 0.6 is 0 Å². The summed E-state index contributed by atoms with van der Waals surface area (Å²) in [5, 5.41) is 16.2. The van der Waals surface area contributed by atoms with Crippen molar-refractivity contribution in [2.24, 2.45) is 0 Å². The Labute approximate surface area is 91.3 Å². The molecule has 0 aliphatic heterocycles. The molecule has 0 bridgehead atoms. The number of aromatic nitrogens is 2. The molecule has 0 unspecified atom stereocenters. The third-order valence-corrected chi connectivity index (χ3v) is 2.19. The second kappa shape index (κ2) is 4.06. The summed E-state index contributed by atoms with van der Waals surface area (Å²) in [6, 6.07) is 5.48. The highest BCUT2D eigenvalue weighted by atomic mass is 16.5. The van der Waals surface area contributed by atoms with Crippen LogP contribution in [-0.4, -0.2) is 28.4 Å². The predicted molar refractivity (Wildman–Crippen MR) is 59.3 cm³/mol. The van der Waals surface area contributed by atoms with Crippen LogP contribution in [0.1, 0.15) is 5.69 Å². The quantitative estimate of drug-likeness (QED) is 0.768. The van der Waals surface area contributed by atoms with Gasteiger partial charge in [0.25, 0.3) is 0 Å². The van der Waals surface area contributed by atoms with Gasteiger partial charge in [-0.3, -0.25) is 5.10 Å². The van der Waals surface area contributed by atoms with E-state index in [1.165, 1.54) is 6.08 Å². The SMILES string of the molecule is COc1cccc2c(C=CC(=O)O)[nH]nc12. The second-order valence-electron chi connectivity index (χ2n) is 3.17. The van der Waals surface area contributed by atoms with Gasteiger partial charge in [0.2, 0.25) is 0 Å². The molecular weight excluding hydrogens is 208 g/mol. The molecule has 0 fully saturated rings. The summed E-state index contributed by atoms with van der Waals surface area (Å²) in [4.78, 5) is 10.4. The van der Waals surface area contributed by atoms with E-state index in [-0.39, 0.29) is 0 Å². The zero-order valence-electron chi connectivity index (χ0n) is 8.60. The lowest BCUT2D eigenvalue weighted by molar-refractivity contribution is -0.131. The first-order valence-corrected chi connectivity index (χ1v) is 4.64. The monoisotopic (exact) mass is 218 g/mol. The van der Waals surface area contributed by atoms with Crippen molar-refractivity contribution < 1.29 is 14.6 Å². The Hall–Kier alpha value is -2.30. The number of carboxylic acids is 1. The zero-order valence-corrected chi connectivity index (χ0v) is 8.60. The lowest BCUT2D eigenvalue weighted by Crippen LogP contribution is -1.86. The Morgan fingerprint density at radius 3 is 3.06 bits per heavy atom. The number of nitrogens with zero attached hydrogens (tertiary/aromatic N) is 1. The normalized spacial score (nSPS) is 11.1. The van der Waals surface area contributed by atoms with Crippen LogP contribution in [0.5, 0.6) is 5.75 Å². The summed E-state index contributed by atoms with van der Waals surface area (Å²) in [5.74, 6) is -0.339. The van der Waals surface area contributed by atoms with Gasteiger partial charge in [-0.2, -0.15) is 5.10 Å². The van der Waals surface area contributed by atoms with Crippen molar-refractivity contribution in [3.8, 4) is 5.75 Å². The number of para-hydroxylation sites is 1. The van der Waals surface area contributed by atoms with Crippen molar-refractivity contribution in [2.75, 3.05) is 7.11 Å². The number of aliphatic carboxylic acids is 1. The van der Waals surface area contributed by atoms with Crippen LogP contribution in [0.2, 0.25) is 0 Å². The average Bonchev–Trinajstić information content (AvgIpc) is 2.69. The molecule has 82 valence electrons. The fourth-order valence-corrected chi connectivity index (χ4v) is 1.48. The Morgan fingerprint density at radius 2 is 2.38 bits per heavy atom. The van der Waals surface area contributed by atoms with E-state index in [9.17, 15) is 4.79 Å². The van der Waals surface area contributed by atoms with Crippen molar-refractivity contribution in [3.05, 3.63) is 30.0 Å². The molecule has 0 radical (unpaired) electrons. The third kappa shape index (κ3) is 1.75. The highest BCUT2D eigenvalue weighted by molar-refractivity contribution is 5.94. The van der Waals surface area contributed by atoms with Gasteiger partial charge >= 0.3 is 5.97 Å². The first-order chi connectivity index (χ1) is 7.72. The maximum Gasteiger partial charge on any atom is 0.328 e. The zero-order chi connectivity index (χ0) is 11.5. The van der Waals surface area contributed by atoms with Gasteiger partial charge in [-0.1, -0.05) is 12.1 Å². The molecule has 0 atom stereocenters. The minimum Gasteiger partial charge on any atom is -0.494 e. The molecule has 1 aromatic carbocycles. The lowest BCUT2D eigenvalue weighted by atomic mass is 10.2. The predicted octanol–water partition coefficient (Wildman–Crippen LogP) is 1.67. The molecule has 0 aliphatic rings. The van der Waals surface area contributed by atoms with Gasteiger partial charge < -0.3 is 9.84 Å². The smallest absolute Gasteiger partial charge is 0.328 e. The molecule has 2 N–H and O–H groups in total. The number of methoxy groups -OCH3 is 1. The number of fused-ring (bicyclic) bond motifs is 1. The van der Waals surface area contributed by atoms with E-state index in [0.717, 1.165) is 11.5 Å². The summed E-state index contributed by atoms with van der Waals surface area (Å²) in [6.45, 7) is 0. The summed E-state index contributed by atoms with van der Waals surface area (Å²) in [6.07, 6.45) is 2.53. The van der Waals surface area contributed by atoms with Gasteiger partial charge in [0, 0.05) is 11.5 Å². The summed E-state index contributed by atoms with van der Waals surface area (Å²) in [7, 11) is 1.57. The van der Waals surface area contributed by atoms with Crippen molar-refractivity contribution in [3.63, 3.8) is 0 Å². The number of H-pyrrole nitrogens is 1. The second-order valence-corrected chi connectivity index (χ2v) is 3.17. The van der Waals surface area contributed by atoms with E-state index >= 15 is 0 Å². The molecule has 2 rings (SSSR count). The fraction of sp³-hybridized carbons (Fsp3) is 0.0909. The minimum absolute atomic E-state index is 0.649. The van der Waals surface area contributed by atoms with E-state index in [0.29, 0.717) is 17.0 Å². The number of aromatic amines is 1. The molecule has 0 aliphatic carbocycles. The van der Waals surface area contributed by atoms with Crippen LogP contribution in [0.4, 0.5) is 0 Å². The molecule has 0 amide bonds. The maximum absolute atomic E-state index is 10.4. The molecule has 5 heteroatoms. The number of carboxylic acid groups (broad SMARTS) is 1. The molecule has 0 spiro atoms. The molecule has 1 aromatic heterocycles. The topological polar surface area (TPSA) is 75.2 Å². The Bertz CT molecular complexity index is 557. The Balaban J connectivity index is 2.53. The number of hydrogen-bond donors (Lipinski definition) is 2.